The standard InChI is InChI=1S/C48H40F2N2/c1-30(2)40-29-44(52(35-13-9-6-10-14-35)37-21-17-33(50)18-22-37)41-28-42-45-31(25-26-48(42,3)4)27-43(39-24-23-38(40)46(41)47(39)45)51(34-11-7-5-8-12-34)36-19-15-32(49)16-20-36/h5-24,27-30H,25-26H2,1-4H3. The van der Waals surface area contributed by atoms with Gasteiger partial charge in [0.15, 0.2) is 0 Å². The summed E-state index contributed by atoms with van der Waals surface area (Å²) in [5.41, 5.74) is 9.89. The zero-order valence-electron chi connectivity index (χ0n) is 29.9. The minimum Gasteiger partial charge on any atom is -0.310 e. The van der Waals surface area contributed by atoms with Crippen molar-refractivity contribution in [2.45, 2.75) is 51.9 Å². The number of benzene rings is 8. The fraction of sp³-hybridized carbons (Fsp3) is 0.167. The van der Waals surface area contributed by atoms with Crippen LogP contribution in [0.2, 0.25) is 0 Å². The number of nitrogens with zero attached hydrogens (tertiary/aromatic N) is 2. The first-order valence-corrected chi connectivity index (χ1v) is 18.2. The van der Waals surface area contributed by atoms with Crippen LogP contribution in [0, 0.1) is 11.6 Å². The van der Waals surface area contributed by atoms with Crippen LogP contribution >= 0.6 is 0 Å². The Hall–Kier alpha value is -5.74. The van der Waals surface area contributed by atoms with E-state index in [0.29, 0.717) is 0 Å². The summed E-state index contributed by atoms with van der Waals surface area (Å²) in [6.07, 6.45) is 1.98. The molecule has 0 amide bonds. The monoisotopic (exact) mass is 682 g/mol. The molecule has 0 aliphatic heterocycles. The molecule has 0 fully saturated rings. The van der Waals surface area contributed by atoms with Gasteiger partial charge in [0.2, 0.25) is 0 Å². The summed E-state index contributed by atoms with van der Waals surface area (Å²) < 4.78 is 28.8. The Labute approximate surface area is 303 Å². The number of aryl methyl sites for hydroxylation is 1. The van der Waals surface area contributed by atoms with Gasteiger partial charge in [-0.25, -0.2) is 8.78 Å². The van der Waals surface area contributed by atoms with Gasteiger partial charge in [-0.2, -0.15) is 0 Å². The van der Waals surface area contributed by atoms with Gasteiger partial charge in [0.05, 0.1) is 11.4 Å². The van der Waals surface area contributed by atoms with E-state index < -0.39 is 0 Å². The van der Waals surface area contributed by atoms with Crippen molar-refractivity contribution >= 4 is 66.4 Å². The predicted octanol–water partition coefficient (Wildman–Crippen LogP) is 14.1. The summed E-state index contributed by atoms with van der Waals surface area (Å²) in [6.45, 7) is 9.28. The number of hydrogen-bond acceptors (Lipinski definition) is 2. The van der Waals surface area contributed by atoms with Crippen molar-refractivity contribution in [2.24, 2.45) is 0 Å². The van der Waals surface area contributed by atoms with Gasteiger partial charge in [-0.1, -0.05) is 76.2 Å². The van der Waals surface area contributed by atoms with Crippen LogP contribution in [0.15, 0.2) is 140 Å². The van der Waals surface area contributed by atoms with Crippen LogP contribution in [0.5, 0.6) is 0 Å². The molecule has 4 heteroatoms. The van der Waals surface area contributed by atoms with E-state index in [1.165, 1.54) is 43.6 Å². The van der Waals surface area contributed by atoms with E-state index in [9.17, 15) is 8.78 Å². The molecule has 1 aliphatic carbocycles. The molecule has 8 aromatic rings. The maximum absolute atomic E-state index is 14.4. The Bertz CT molecular complexity index is 2570. The number of anilines is 6. The normalized spacial score (nSPS) is 13.8. The van der Waals surface area contributed by atoms with Crippen molar-refractivity contribution in [2.75, 3.05) is 9.80 Å². The highest BCUT2D eigenvalue weighted by molar-refractivity contribution is 6.30. The van der Waals surface area contributed by atoms with Crippen LogP contribution < -0.4 is 9.80 Å². The molecule has 0 radical (unpaired) electrons. The number of hydrogen-bond donors (Lipinski definition) is 0. The fourth-order valence-corrected chi connectivity index (χ4v) is 8.52. The van der Waals surface area contributed by atoms with Crippen LogP contribution in [0.4, 0.5) is 42.9 Å². The van der Waals surface area contributed by atoms with Gasteiger partial charge in [0, 0.05) is 38.9 Å². The molecule has 0 spiro atoms. The Morgan fingerprint density at radius 3 is 1.56 bits per heavy atom. The zero-order chi connectivity index (χ0) is 35.7. The van der Waals surface area contributed by atoms with E-state index in [2.05, 4.69) is 116 Å². The van der Waals surface area contributed by atoms with Crippen LogP contribution in [0.3, 0.4) is 0 Å². The second-order valence-electron chi connectivity index (χ2n) is 15.1. The zero-order valence-corrected chi connectivity index (χ0v) is 29.9. The molecular weight excluding hydrogens is 643 g/mol. The van der Waals surface area contributed by atoms with Gasteiger partial charge in [-0.05, 0) is 148 Å². The van der Waals surface area contributed by atoms with Crippen molar-refractivity contribution in [3.8, 4) is 0 Å². The molecule has 1 aliphatic rings. The second kappa shape index (κ2) is 12.2. The number of halogens is 2. The van der Waals surface area contributed by atoms with E-state index in [4.69, 9.17) is 0 Å². The minimum atomic E-state index is -0.259. The van der Waals surface area contributed by atoms with Crippen molar-refractivity contribution in [3.63, 3.8) is 0 Å². The number of para-hydroxylation sites is 2. The Balaban J connectivity index is 1.46. The third-order valence-corrected chi connectivity index (χ3v) is 11.1. The molecule has 8 aromatic carbocycles. The summed E-state index contributed by atoms with van der Waals surface area (Å²) in [7, 11) is 0. The van der Waals surface area contributed by atoms with Gasteiger partial charge in [0.1, 0.15) is 11.6 Å². The molecular formula is C48H40F2N2. The lowest BCUT2D eigenvalue weighted by atomic mass is 9.70. The van der Waals surface area contributed by atoms with Gasteiger partial charge in [-0.3, -0.25) is 0 Å². The molecule has 52 heavy (non-hydrogen) atoms. The van der Waals surface area contributed by atoms with Gasteiger partial charge in [0.25, 0.3) is 0 Å². The lowest BCUT2D eigenvalue weighted by Gasteiger charge is -2.37. The van der Waals surface area contributed by atoms with Crippen molar-refractivity contribution in [3.05, 3.63) is 168 Å². The van der Waals surface area contributed by atoms with E-state index in [1.54, 1.807) is 24.3 Å². The largest absolute Gasteiger partial charge is 0.310 e. The molecule has 256 valence electrons. The summed E-state index contributed by atoms with van der Waals surface area (Å²) in [5.74, 6) is -0.269. The quantitative estimate of drug-likeness (QED) is 0.154. The van der Waals surface area contributed by atoms with Gasteiger partial charge >= 0.3 is 0 Å². The molecule has 0 bridgehead atoms. The molecule has 0 N–H and O–H groups in total. The fourth-order valence-electron chi connectivity index (χ4n) is 8.52. The third kappa shape index (κ3) is 5.11. The molecule has 0 atom stereocenters. The minimum absolute atomic E-state index is 0.0567. The van der Waals surface area contributed by atoms with Crippen LogP contribution in [-0.4, -0.2) is 0 Å². The smallest absolute Gasteiger partial charge is 0.123 e. The molecule has 2 nitrogen and oxygen atoms in total. The van der Waals surface area contributed by atoms with Gasteiger partial charge < -0.3 is 9.80 Å². The lowest BCUT2D eigenvalue weighted by molar-refractivity contribution is 0.475. The summed E-state index contributed by atoms with van der Waals surface area (Å²) in [6, 6.07) is 46.3. The molecule has 0 saturated carbocycles. The van der Waals surface area contributed by atoms with Crippen LogP contribution in [-0.2, 0) is 11.8 Å². The van der Waals surface area contributed by atoms with Gasteiger partial charge in [-0.15, -0.1) is 0 Å². The third-order valence-electron chi connectivity index (χ3n) is 11.1. The second-order valence-corrected chi connectivity index (χ2v) is 15.1. The van der Waals surface area contributed by atoms with Crippen LogP contribution in [0.1, 0.15) is 56.7 Å². The first-order chi connectivity index (χ1) is 25.2. The summed E-state index contributed by atoms with van der Waals surface area (Å²) in [4.78, 5) is 4.57. The SMILES string of the molecule is CC(C)c1cc(N(c2ccccc2)c2ccc(F)cc2)c2cc3c4c(cc(N(c5ccccc5)c5ccc(F)cc5)c5ccc1c2c54)CCC3(C)C. The van der Waals surface area contributed by atoms with Crippen molar-refractivity contribution < 1.29 is 8.78 Å². The highest BCUT2D eigenvalue weighted by Gasteiger charge is 2.33. The van der Waals surface area contributed by atoms with E-state index in [1.807, 2.05) is 36.4 Å². The lowest BCUT2D eigenvalue weighted by Crippen LogP contribution is -2.24. The van der Waals surface area contributed by atoms with E-state index in [-0.39, 0.29) is 23.0 Å². The highest BCUT2D eigenvalue weighted by atomic mass is 19.1. The average Bonchev–Trinajstić information content (AvgIpc) is 3.15. The van der Waals surface area contributed by atoms with E-state index >= 15 is 0 Å². The molecule has 0 heterocycles. The highest BCUT2D eigenvalue weighted by Crippen LogP contribution is 2.54. The predicted molar refractivity (Wildman–Crippen MR) is 215 cm³/mol. The maximum Gasteiger partial charge on any atom is 0.123 e. The molecule has 0 unspecified atom stereocenters. The summed E-state index contributed by atoms with van der Waals surface area (Å²) in [5, 5.41) is 7.44. The first kappa shape index (κ1) is 32.2. The maximum atomic E-state index is 14.4. The van der Waals surface area contributed by atoms with Crippen LogP contribution in [0.25, 0.3) is 32.3 Å². The van der Waals surface area contributed by atoms with Crippen molar-refractivity contribution in [1.82, 2.24) is 0 Å². The number of rotatable bonds is 7. The van der Waals surface area contributed by atoms with E-state index in [0.717, 1.165) is 52.4 Å². The Morgan fingerprint density at radius 2 is 1.02 bits per heavy atom. The summed E-state index contributed by atoms with van der Waals surface area (Å²) >= 11 is 0. The molecule has 0 saturated heterocycles. The topological polar surface area (TPSA) is 6.48 Å². The molecule has 0 aromatic heterocycles. The average molecular weight is 683 g/mol. The molecule has 9 rings (SSSR count). The van der Waals surface area contributed by atoms with Crippen molar-refractivity contribution in [1.29, 1.82) is 0 Å². The Morgan fingerprint density at radius 1 is 0.519 bits per heavy atom. The Kier molecular flexibility index (Phi) is 7.55. The first-order valence-electron chi connectivity index (χ1n) is 18.2.